The highest BCUT2D eigenvalue weighted by Gasteiger charge is 2.44. The van der Waals surface area contributed by atoms with Crippen LogP contribution < -0.4 is 5.32 Å². The highest BCUT2D eigenvalue weighted by molar-refractivity contribution is 5.83. The SMILES string of the molecule is C=C1CC(OC(=O)C(CC)(CCCCCC)c2ccccc2)C1CCNC(/C=C\C)=C/COC(F)(F)F. The van der Waals surface area contributed by atoms with Gasteiger partial charge in [0.15, 0.2) is 0 Å². The van der Waals surface area contributed by atoms with Gasteiger partial charge in [0.05, 0.1) is 12.0 Å². The molecule has 0 aromatic heterocycles. The molecule has 1 N–H and O–H groups in total. The molecule has 3 atom stereocenters. The average Bonchev–Trinajstić information content (AvgIpc) is 2.86. The van der Waals surface area contributed by atoms with E-state index in [4.69, 9.17) is 4.74 Å². The predicted octanol–water partition coefficient (Wildman–Crippen LogP) is 7.77. The molecular weight excluding hydrogens is 479 g/mol. The molecule has 3 unspecified atom stereocenters. The van der Waals surface area contributed by atoms with Crippen molar-refractivity contribution in [1.82, 2.24) is 5.32 Å². The third-order valence-electron chi connectivity index (χ3n) is 7.15. The van der Waals surface area contributed by atoms with Crippen LogP contribution in [0, 0.1) is 5.92 Å². The van der Waals surface area contributed by atoms with Crippen molar-refractivity contribution in [3.05, 3.63) is 72.0 Å². The van der Waals surface area contributed by atoms with Crippen molar-refractivity contribution in [2.75, 3.05) is 13.2 Å². The summed E-state index contributed by atoms with van der Waals surface area (Å²) < 4.78 is 46.8. The molecule has 1 saturated carbocycles. The molecule has 0 saturated heterocycles. The Balaban J connectivity index is 2.02. The Morgan fingerprint density at radius 1 is 1.16 bits per heavy atom. The smallest absolute Gasteiger partial charge is 0.461 e. The van der Waals surface area contributed by atoms with E-state index in [1.807, 2.05) is 37.3 Å². The standard InChI is InChI=1S/C30H42F3NO3/c1-5-8-9-13-19-29(7-3,24-15-11-10-12-16-24)28(35)37-27-22-23(4)26(27)17-20-34-25(14-6-2)18-21-36-30(31,32)33/h6,10-12,14-16,18,26-27,34H,4-5,7-9,13,17,19-22H2,1-3H3/b14-6-,25-18+. The molecule has 2 rings (SSSR count). The number of hydrogen-bond donors (Lipinski definition) is 1. The molecule has 0 spiro atoms. The van der Waals surface area contributed by atoms with Crippen LogP contribution in [-0.2, 0) is 19.7 Å². The molecular formula is C30H42F3NO3. The van der Waals surface area contributed by atoms with Crippen LogP contribution in [0.2, 0.25) is 0 Å². The lowest BCUT2D eigenvalue weighted by Crippen LogP contribution is -2.45. The molecule has 1 aromatic rings. The Hall–Kier alpha value is -2.54. The highest BCUT2D eigenvalue weighted by atomic mass is 19.4. The van der Waals surface area contributed by atoms with Crippen LogP contribution in [0.15, 0.2) is 66.4 Å². The van der Waals surface area contributed by atoms with Gasteiger partial charge in [0.1, 0.15) is 6.10 Å². The number of rotatable bonds is 16. The maximum absolute atomic E-state index is 13.7. The Morgan fingerprint density at radius 2 is 1.89 bits per heavy atom. The number of nitrogens with one attached hydrogen (secondary N) is 1. The maximum atomic E-state index is 13.7. The number of alkyl halides is 3. The van der Waals surface area contributed by atoms with Crippen LogP contribution in [0.5, 0.6) is 0 Å². The van der Waals surface area contributed by atoms with E-state index in [0.29, 0.717) is 31.5 Å². The average molecular weight is 522 g/mol. The van der Waals surface area contributed by atoms with Gasteiger partial charge >= 0.3 is 12.3 Å². The van der Waals surface area contributed by atoms with Crippen LogP contribution in [0.3, 0.4) is 0 Å². The molecule has 0 bridgehead atoms. The summed E-state index contributed by atoms with van der Waals surface area (Å²) in [5, 5.41) is 3.15. The summed E-state index contributed by atoms with van der Waals surface area (Å²) in [5.41, 5.74) is 1.90. The van der Waals surface area contributed by atoms with Crippen LogP contribution in [0.1, 0.15) is 77.7 Å². The lowest BCUT2D eigenvalue weighted by molar-refractivity contribution is -0.319. The van der Waals surface area contributed by atoms with Crippen LogP contribution in [0.25, 0.3) is 0 Å². The minimum atomic E-state index is -4.66. The fraction of sp³-hybridized carbons (Fsp3) is 0.567. The Morgan fingerprint density at radius 3 is 2.49 bits per heavy atom. The van der Waals surface area contributed by atoms with Gasteiger partial charge in [-0.2, -0.15) is 0 Å². The predicted molar refractivity (Wildman–Crippen MR) is 142 cm³/mol. The molecule has 4 nitrogen and oxygen atoms in total. The lowest BCUT2D eigenvalue weighted by atomic mass is 9.72. The Bertz CT molecular complexity index is 910. The van der Waals surface area contributed by atoms with Gasteiger partial charge in [-0.25, -0.2) is 0 Å². The van der Waals surface area contributed by atoms with Gasteiger partial charge in [0.25, 0.3) is 0 Å². The van der Waals surface area contributed by atoms with E-state index in [1.165, 1.54) is 6.08 Å². The zero-order valence-electron chi connectivity index (χ0n) is 22.4. The summed E-state index contributed by atoms with van der Waals surface area (Å²) in [6.07, 6.45) is 6.94. The summed E-state index contributed by atoms with van der Waals surface area (Å²) in [5.74, 6) is -0.160. The van der Waals surface area contributed by atoms with Crippen LogP contribution in [0.4, 0.5) is 13.2 Å². The van der Waals surface area contributed by atoms with Crippen molar-refractivity contribution in [3.8, 4) is 0 Å². The zero-order valence-corrected chi connectivity index (χ0v) is 22.4. The monoisotopic (exact) mass is 521 g/mol. The molecule has 7 heteroatoms. The van der Waals surface area contributed by atoms with E-state index in [0.717, 1.165) is 43.2 Å². The zero-order chi connectivity index (χ0) is 27.3. The van der Waals surface area contributed by atoms with E-state index in [2.05, 4.69) is 23.6 Å². The number of ether oxygens (including phenoxy) is 2. The molecule has 1 fully saturated rings. The summed E-state index contributed by atoms with van der Waals surface area (Å²) in [4.78, 5) is 13.7. The number of hydrogen-bond acceptors (Lipinski definition) is 4. The fourth-order valence-corrected chi connectivity index (χ4v) is 4.90. The van der Waals surface area contributed by atoms with Crippen molar-refractivity contribution < 1.29 is 27.4 Å². The third-order valence-corrected chi connectivity index (χ3v) is 7.15. The molecule has 0 aliphatic heterocycles. The van der Waals surface area contributed by atoms with Crippen molar-refractivity contribution >= 4 is 5.97 Å². The number of carbonyl (C=O) groups is 1. The van der Waals surface area contributed by atoms with E-state index in [1.54, 1.807) is 19.1 Å². The molecule has 206 valence electrons. The second-order valence-electron chi connectivity index (χ2n) is 9.66. The lowest BCUT2D eigenvalue weighted by Gasteiger charge is -2.41. The Labute approximate surface area is 220 Å². The summed E-state index contributed by atoms with van der Waals surface area (Å²) in [6.45, 7) is 10.1. The molecule has 0 amide bonds. The normalized spacial score (nSPS) is 19.9. The van der Waals surface area contributed by atoms with E-state index >= 15 is 0 Å². The second kappa shape index (κ2) is 15.0. The number of allylic oxidation sites excluding steroid dienone is 2. The third kappa shape index (κ3) is 9.37. The molecule has 0 heterocycles. The molecule has 37 heavy (non-hydrogen) atoms. The summed E-state index contributed by atoms with van der Waals surface area (Å²) in [7, 11) is 0. The first-order chi connectivity index (χ1) is 17.7. The first-order valence-electron chi connectivity index (χ1n) is 13.4. The number of esters is 1. The second-order valence-corrected chi connectivity index (χ2v) is 9.66. The van der Waals surface area contributed by atoms with Crippen molar-refractivity contribution in [2.45, 2.75) is 90.0 Å². The van der Waals surface area contributed by atoms with E-state index in [9.17, 15) is 18.0 Å². The minimum Gasteiger partial charge on any atom is -0.461 e. The number of carbonyl (C=O) groups excluding carboxylic acids is 1. The largest absolute Gasteiger partial charge is 0.522 e. The van der Waals surface area contributed by atoms with Crippen LogP contribution in [-0.4, -0.2) is 31.6 Å². The quantitative estimate of drug-likeness (QED) is 0.104. The number of unbranched alkanes of at least 4 members (excludes halogenated alkanes) is 3. The number of benzene rings is 1. The van der Waals surface area contributed by atoms with Gasteiger partial charge in [-0.15, -0.1) is 13.2 Å². The summed E-state index contributed by atoms with van der Waals surface area (Å²) in [6, 6.07) is 9.92. The van der Waals surface area contributed by atoms with Crippen molar-refractivity contribution in [3.63, 3.8) is 0 Å². The first kappa shape index (κ1) is 30.7. The fourth-order valence-electron chi connectivity index (χ4n) is 4.90. The highest BCUT2D eigenvalue weighted by Crippen LogP contribution is 2.41. The van der Waals surface area contributed by atoms with E-state index < -0.39 is 18.4 Å². The first-order valence-corrected chi connectivity index (χ1v) is 13.4. The Kier molecular flexibility index (Phi) is 12.4. The maximum Gasteiger partial charge on any atom is 0.522 e. The van der Waals surface area contributed by atoms with E-state index in [-0.39, 0.29) is 18.0 Å². The van der Waals surface area contributed by atoms with Gasteiger partial charge in [0, 0.05) is 24.6 Å². The van der Waals surface area contributed by atoms with Gasteiger partial charge in [-0.1, -0.05) is 88.1 Å². The van der Waals surface area contributed by atoms with Crippen LogP contribution >= 0.6 is 0 Å². The molecule has 1 aliphatic rings. The van der Waals surface area contributed by atoms with Gasteiger partial charge in [0.2, 0.25) is 0 Å². The topological polar surface area (TPSA) is 47.6 Å². The molecule has 1 aromatic carbocycles. The van der Waals surface area contributed by atoms with Crippen molar-refractivity contribution in [1.29, 1.82) is 0 Å². The number of halogens is 3. The van der Waals surface area contributed by atoms with Gasteiger partial charge in [-0.05, 0) is 43.9 Å². The molecule has 0 radical (unpaired) electrons. The minimum absolute atomic E-state index is 0.0140. The van der Waals surface area contributed by atoms with Gasteiger partial charge < -0.3 is 10.1 Å². The summed E-state index contributed by atoms with van der Waals surface area (Å²) >= 11 is 0. The molecule has 1 aliphatic carbocycles. The van der Waals surface area contributed by atoms with Crippen molar-refractivity contribution in [2.24, 2.45) is 5.92 Å². The van der Waals surface area contributed by atoms with Gasteiger partial charge in [-0.3, -0.25) is 9.53 Å².